The van der Waals surface area contributed by atoms with Gasteiger partial charge in [0.15, 0.2) is 5.82 Å². The third-order valence-electron chi connectivity index (χ3n) is 5.68. The number of fused-ring (bicyclic) bond motifs is 3. The molecule has 0 radical (unpaired) electrons. The summed E-state index contributed by atoms with van der Waals surface area (Å²) in [4.78, 5) is 22.7. The maximum absolute atomic E-state index is 12.6. The lowest BCUT2D eigenvalue weighted by molar-refractivity contribution is -0.718. The molecule has 2 heterocycles. The van der Waals surface area contributed by atoms with E-state index >= 15 is 0 Å². The second-order valence-electron chi connectivity index (χ2n) is 7.85. The van der Waals surface area contributed by atoms with Crippen molar-refractivity contribution >= 4 is 21.6 Å². The minimum atomic E-state index is 0.0381. The second-order valence-corrected chi connectivity index (χ2v) is 8.94. The number of benzene rings is 1. The van der Waals surface area contributed by atoms with Crippen molar-refractivity contribution in [2.24, 2.45) is 5.92 Å². The first-order valence-corrected chi connectivity index (χ1v) is 10.8. The molecule has 1 atom stereocenters. The van der Waals surface area contributed by atoms with Crippen molar-refractivity contribution in [3.8, 4) is 0 Å². The molecule has 0 aliphatic heterocycles. The van der Waals surface area contributed by atoms with E-state index in [4.69, 9.17) is 4.98 Å². The van der Waals surface area contributed by atoms with Gasteiger partial charge in [-0.25, -0.2) is 4.98 Å². The van der Waals surface area contributed by atoms with Crippen molar-refractivity contribution in [3.63, 3.8) is 0 Å². The first-order valence-electron chi connectivity index (χ1n) is 10.0. The minimum absolute atomic E-state index is 0.0381. The number of rotatable bonds is 6. The molecule has 2 aromatic heterocycles. The Bertz CT molecular complexity index is 1000. The van der Waals surface area contributed by atoms with Crippen molar-refractivity contribution in [1.29, 1.82) is 0 Å². The van der Waals surface area contributed by atoms with Crippen LogP contribution in [0.2, 0.25) is 0 Å². The molecule has 1 aromatic carbocycles. The molecular formula is C22H28N3OS+. The Labute approximate surface area is 164 Å². The number of hydrogen-bond donors (Lipinski definition) is 2. The van der Waals surface area contributed by atoms with Crippen LogP contribution in [0.5, 0.6) is 0 Å². The van der Waals surface area contributed by atoms with Gasteiger partial charge in [0.2, 0.25) is 0 Å². The number of aryl methyl sites for hydroxylation is 3. The smallest absolute Gasteiger partial charge is 0.260 e. The van der Waals surface area contributed by atoms with E-state index in [1.807, 2.05) is 0 Å². The van der Waals surface area contributed by atoms with Crippen LogP contribution in [-0.2, 0) is 25.8 Å². The van der Waals surface area contributed by atoms with Crippen LogP contribution in [0, 0.1) is 5.92 Å². The average molecular weight is 383 g/mol. The van der Waals surface area contributed by atoms with Gasteiger partial charge in [0.25, 0.3) is 5.56 Å². The topological polar surface area (TPSA) is 62.4 Å². The van der Waals surface area contributed by atoms with Gasteiger partial charge in [-0.1, -0.05) is 45.0 Å². The van der Waals surface area contributed by atoms with E-state index in [-0.39, 0.29) is 5.56 Å². The highest BCUT2D eigenvalue weighted by Crippen LogP contribution is 2.34. The standard InChI is InChI=1S/C22H27N3OS/c1-4-14-8-10-15(11-9-14)20(13(2)3)23-12-18-24-21(26)19-16-6-5-7-17(16)27-22(19)25-18/h8-11,13,20,23H,4-7,12H2,1-3H3,(H,24,25,26)/p+1/t20-/m1/s1. The number of H-pyrrole nitrogens is 1. The number of quaternary nitrogens is 1. The van der Waals surface area contributed by atoms with E-state index in [0.717, 1.165) is 35.3 Å². The zero-order chi connectivity index (χ0) is 19.0. The SMILES string of the molecule is CCc1ccc([C@H]([NH2+]Cc2nc3sc4c(c3c(=O)[nH]2)CCC4)C(C)C)cc1. The Hall–Kier alpha value is -1.98. The Morgan fingerprint density at radius 3 is 2.70 bits per heavy atom. The Morgan fingerprint density at radius 1 is 1.22 bits per heavy atom. The summed E-state index contributed by atoms with van der Waals surface area (Å²) in [7, 11) is 0. The average Bonchev–Trinajstić information content (AvgIpc) is 3.22. The molecule has 0 bridgehead atoms. The van der Waals surface area contributed by atoms with Gasteiger partial charge in [0.05, 0.1) is 5.39 Å². The lowest BCUT2D eigenvalue weighted by Crippen LogP contribution is -2.85. The van der Waals surface area contributed by atoms with Crippen molar-refractivity contribution in [1.82, 2.24) is 9.97 Å². The predicted octanol–water partition coefficient (Wildman–Crippen LogP) is 3.50. The predicted molar refractivity (Wildman–Crippen MR) is 111 cm³/mol. The van der Waals surface area contributed by atoms with Crippen LogP contribution in [0.3, 0.4) is 0 Å². The van der Waals surface area contributed by atoms with Gasteiger partial charge in [-0.3, -0.25) is 4.79 Å². The fourth-order valence-electron chi connectivity index (χ4n) is 4.15. The molecule has 3 N–H and O–H groups in total. The van der Waals surface area contributed by atoms with Crippen LogP contribution in [0.15, 0.2) is 29.1 Å². The molecule has 1 aliphatic rings. The van der Waals surface area contributed by atoms with Crippen molar-refractivity contribution in [2.75, 3.05) is 0 Å². The van der Waals surface area contributed by atoms with E-state index in [1.54, 1.807) is 11.3 Å². The van der Waals surface area contributed by atoms with Gasteiger partial charge in [0, 0.05) is 16.4 Å². The summed E-state index contributed by atoms with van der Waals surface area (Å²) in [6.45, 7) is 7.36. The second kappa shape index (κ2) is 7.56. The summed E-state index contributed by atoms with van der Waals surface area (Å²) in [6, 6.07) is 9.27. The number of nitrogens with zero attached hydrogens (tertiary/aromatic N) is 1. The molecule has 5 heteroatoms. The van der Waals surface area contributed by atoms with Crippen LogP contribution < -0.4 is 10.9 Å². The van der Waals surface area contributed by atoms with E-state index < -0.39 is 0 Å². The molecule has 0 saturated heterocycles. The molecule has 0 saturated carbocycles. The molecule has 0 unspecified atom stereocenters. The van der Waals surface area contributed by atoms with Gasteiger partial charge in [-0.05, 0) is 36.8 Å². The summed E-state index contributed by atoms with van der Waals surface area (Å²) in [6.07, 6.45) is 4.35. The maximum atomic E-state index is 12.6. The number of nitrogens with two attached hydrogens (primary N) is 1. The highest BCUT2D eigenvalue weighted by Gasteiger charge is 2.23. The van der Waals surface area contributed by atoms with Gasteiger partial charge >= 0.3 is 0 Å². The van der Waals surface area contributed by atoms with Gasteiger partial charge in [-0.15, -0.1) is 11.3 Å². The molecule has 0 fully saturated rings. The third kappa shape index (κ3) is 3.58. The quantitative estimate of drug-likeness (QED) is 0.685. The van der Waals surface area contributed by atoms with Crippen LogP contribution in [-0.4, -0.2) is 9.97 Å². The molecule has 1 aliphatic carbocycles. The molecule has 4 rings (SSSR count). The van der Waals surface area contributed by atoms with E-state index in [9.17, 15) is 4.79 Å². The van der Waals surface area contributed by atoms with Crippen molar-refractivity contribution in [3.05, 3.63) is 62.0 Å². The van der Waals surface area contributed by atoms with Gasteiger partial charge in [-0.2, -0.15) is 0 Å². The normalized spacial score (nSPS) is 14.8. The van der Waals surface area contributed by atoms with Crippen LogP contribution in [0.4, 0.5) is 0 Å². The first-order chi connectivity index (χ1) is 13.1. The molecule has 27 heavy (non-hydrogen) atoms. The zero-order valence-electron chi connectivity index (χ0n) is 16.3. The van der Waals surface area contributed by atoms with E-state index in [1.165, 1.54) is 28.0 Å². The minimum Gasteiger partial charge on any atom is -0.334 e. The van der Waals surface area contributed by atoms with Crippen LogP contribution in [0.25, 0.3) is 10.2 Å². The molecular weight excluding hydrogens is 354 g/mol. The summed E-state index contributed by atoms with van der Waals surface area (Å²) >= 11 is 1.71. The molecule has 0 spiro atoms. The summed E-state index contributed by atoms with van der Waals surface area (Å²) in [5.74, 6) is 1.28. The number of hydrogen-bond acceptors (Lipinski definition) is 3. The zero-order valence-corrected chi connectivity index (χ0v) is 17.2. The monoisotopic (exact) mass is 382 g/mol. The number of nitrogens with one attached hydrogen (secondary N) is 1. The highest BCUT2D eigenvalue weighted by atomic mass is 32.1. The van der Waals surface area contributed by atoms with Crippen molar-refractivity contribution in [2.45, 2.75) is 59.0 Å². The lowest BCUT2D eigenvalue weighted by atomic mass is 9.95. The fourth-order valence-corrected chi connectivity index (χ4v) is 5.43. The number of thiophene rings is 1. The van der Waals surface area contributed by atoms with Crippen LogP contribution in [0.1, 0.15) is 60.6 Å². The van der Waals surface area contributed by atoms with E-state index in [2.05, 4.69) is 55.3 Å². The molecule has 3 aromatic rings. The number of aromatic amines is 1. The van der Waals surface area contributed by atoms with Crippen LogP contribution >= 0.6 is 11.3 Å². The molecule has 142 valence electrons. The summed E-state index contributed by atoms with van der Waals surface area (Å²) in [5, 5.41) is 3.14. The van der Waals surface area contributed by atoms with E-state index in [0.29, 0.717) is 18.5 Å². The highest BCUT2D eigenvalue weighted by molar-refractivity contribution is 7.18. The third-order valence-corrected chi connectivity index (χ3v) is 6.87. The Morgan fingerprint density at radius 2 is 2.00 bits per heavy atom. The van der Waals surface area contributed by atoms with Crippen molar-refractivity contribution < 1.29 is 5.32 Å². The summed E-state index contributed by atoms with van der Waals surface area (Å²) < 4.78 is 0. The Balaban J connectivity index is 1.56. The van der Waals surface area contributed by atoms with Gasteiger partial charge in [0.1, 0.15) is 17.4 Å². The lowest BCUT2D eigenvalue weighted by Gasteiger charge is -2.19. The number of aromatic nitrogens is 2. The largest absolute Gasteiger partial charge is 0.334 e. The molecule has 4 nitrogen and oxygen atoms in total. The fraction of sp³-hybridized carbons (Fsp3) is 0.455. The molecule has 0 amide bonds. The van der Waals surface area contributed by atoms with Gasteiger partial charge < -0.3 is 10.3 Å². The maximum Gasteiger partial charge on any atom is 0.260 e. The summed E-state index contributed by atoms with van der Waals surface area (Å²) in [5.41, 5.74) is 3.98. The Kier molecular flexibility index (Phi) is 5.15. The first kappa shape index (κ1) is 18.4.